The molecule has 0 aromatic heterocycles. The highest BCUT2D eigenvalue weighted by Crippen LogP contribution is 1.83. The highest BCUT2D eigenvalue weighted by molar-refractivity contribution is 9.09. The van der Waals surface area contributed by atoms with Crippen LogP contribution in [0.4, 0.5) is 0 Å². The average molecular weight is 270 g/mol. The molecule has 0 bridgehead atoms. The van der Waals surface area contributed by atoms with Crippen molar-refractivity contribution in [2.45, 2.75) is 0 Å². The Hall–Kier alpha value is 0.320. The lowest BCUT2D eigenvalue weighted by Crippen LogP contribution is -2.16. The SMILES string of the molecule is CNCCOCCOCCOCCBr. The van der Waals surface area contributed by atoms with Gasteiger partial charge in [-0.25, -0.2) is 0 Å². The van der Waals surface area contributed by atoms with Crippen LogP contribution in [0.2, 0.25) is 0 Å². The normalized spacial score (nSPS) is 10.7. The number of hydrogen-bond donors (Lipinski definition) is 1. The second-order valence-corrected chi connectivity index (χ2v) is 3.42. The molecule has 14 heavy (non-hydrogen) atoms. The zero-order chi connectivity index (χ0) is 10.5. The molecule has 86 valence electrons. The summed E-state index contributed by atoms with van der Waals surface area (Å²) in [5.41, 5.74) is 0. The molecule has 0 amide bonds. The Bertz CT molecular complexity index is 94.1. The summed E-state index contributed by atoms with van der Waals surface area (Å²) in [5.74, 6) is 0. The molecule has 1 N–H and O–H groups in total. The van der Waals surface area contributed by atoms with Crippen molar-refractivity contribution >= 4 is 15.9 Å². The number of ether oxygens (including phenoxy) is 3. The fraction of sp³-hybridized carbons (Fsp3) is 1.00. The molecule has 0 fully saturated rings. The smallest absolute Gasteiger partial charge is 0.0701 e. The summed E-state index contributed by atoms with van der Waals surface area (Å²) in [6.45, 7) is 4.95. The highest BCUT2D eigenvalue weighted by Gasteiger charge is 1.90. The maximum absolute atomic E-state index is 5.27. The van der Waals surface area contributed by atoms with Crippen molar-refractivity contribution in [1.29, 1.82) is 0 Å². The topological polar surface area (TPSA) is 39.7 Å². The van der Waals surface area contributed by atoms with E-state index in [9.17, 15) is 0 Å². The van der Waals surface area contributed by atoms with Gasteiger partial charge in [0, 0.05) is 11.9 Å². The van der Waals surface area contributed by atoms with Gasteiger partial charge in [-0.15, -0.1) is 0 Å². The molecule has 0 saturated heterocycles. The summed E-state index contributed by atoms with van der Waals surface area (Å²) < 4.78 is 15.7. The Morgan fingerprint density at radius 3 is 1.86 bits per heavy atom. The van der Waals surface area contributed by atoms with Crippen molar-refractivity contribution < 1.29 is 14.2 Å². The van der Waals surface area contributed by atoms with Gasteiger partial charge in [0.25, 0.3) is 0 Å². The van der Waals surface area contributed by atoms with Crippen LogP contribution in [0.25, 0.3) is 0 Å². The average Bonchev–Trinajstić information content (AvgIpc) is 2.21. The molecule has 5 heteroatoms. The first-order chi connectivity index (χ1) is 6.91. The molecule has 0 aliphatic rings. The third-order valence-electron chi connectivity index (χ3n) is 1.46. The molecule has 0 saturated carbocycles. The molecule has 0 aromatic carbocycles. The third-order valence-corrected chi connectivity index (χ3v) is 1.79. The summed E-state index contributed by atoms with van der Waals surface area (Å²) >= 11 is 3.28. The van der Waals surface area contributed by atoms with Gasteiger partial charge in [0.15, 0.2) is 0 Å². The molecular weight excluding hydrogens is 250 g/mol. The summed E-state index contributed by atoms with van der Waals surface area (Å²) in [7, 11) is 1.90. The minimum absolute atomic E-state index is 0.640. The summed E-state index contributed by atoms with van der Waals surface area (Å²) in [6.07, 6.45) is 0. The second-order valence-electron chi connectivity index (χ2n) is 2.63. The predicted octanol–water partition coefficient (Wildman–Crippen LogP) is 0.650. The Kier molecular flexibility index (Phi) is 13.6. The Balaban J connectivity index is 2.78. The molecule has 0 unspecified atom stereocenters. The van der Waals surface area contributed by atoms with Crippen LogP contribution in [0.5, 0.6) is 0 Å². The van der Waals surface area contributed by atoms with E-state index in [-0.39, 0.29) is 0 Å². The Morgan fingerprint density at radius 1 is 0.857 bits per heavy atom. The van der Waals surface area contributed by atoms with E-state index >= 15 is 0 Å². The maximum atomic E-state index is 5.27. The van der Waals surface area contributed by atoms with E-state index in [1.165, 1.54) is 0 Å². The van der Waals surface area contributed by atoms with Gasteiger partial charge in [0.05, 0.1) is 39.6 Å². The molecule has 0 rings (SSSR count). The predicted molar refractivity (Wildman–Crippen MR) is 60.2 cm³/mol. The molecular formula is C9H20BrNO3. The van der Waals surface area contributed by atoms with Gasteiger partial charge >= 0.3 is 0 Å². The van der Waals surface area contributed by atoms with E-state index in [1.54, 1.807) is 0 Å². The minimum atomic E-state index is 0.640. The molecule has 0 radical (unpaired) electrons. The monoisotopic (exact) mass is 269 g/mol. The van der Waals surface area contributed by atoms with Gasteiger partial charge < -0.3 is 19.5 Å². The number of nitrogens with one attached hydrogen (secondary N) is 1. The van der Waals surface area contributed by atoms with Crippen LogP contribution in [-0.2, 0) is 14.2 Å². The number of likely N-dealkylation sites (N-methyl/N-ethyl adjacent to an activating group) is 1. The Labute approximate surface area is 94.4 Å². The van der Waals surface area contributed by atoms with Crippen molar-refractivity contribution in [3.05, 3.63) is 0 Å². The van der Waals surface area contributed by atoms with E-state index in [0.717, 1.165) is 25.1 Å². The van der Waals surface area contributed by atoms with Gasteiger partial charge in [-0.2, -0.15) is 0 Å². The van der Waals surface area contributed by atoms with Gasteiger partial charge in [-0.1, -0.05) is 15.9 Å². The first-order valence-corrected chi connectivity index (χ1v) is 5.97. The quantitative estimate of drug-likeness (QED) is 0.442. The van der Waals surface area contributed by atoms with Gasteiger partial charge in [0.1, 0.15) is 0 Å². The zero-order valence-electron chi connectivity index (χ0n) is 8.76. The van der Waals surface area contributed by atoms with Crippen molar-refractivity contribution in [1.82, 2.24) is 5.32 Å². The molecule has 0 aromatic rings. The third kappa shape index (κ3) is 12.3. The van der Waals surface area contributed by atoms with E-state index in [1.807, 2.05) is 7.05 Å². The first-order valence-electron chi connectivity index (χ1n) is 4.85. The van der Waals surface area contributed by atoms with E-state index in [0.29, 0.717) is 26.4 Å². The standard InChI is InChI=1S/C9H20BrNO3/c1-11-3-5-13-7-9-14-8-6-12-4-2-10/h11H,2-9H2,1H3. The Morgan fingerprint density at radius 2 is 1.36 bits per heavy atom. The zero-order valence-corrected chi connectivity index (χ0v) is 10.3. The number of rotatable bonds is 11. The maximum Gasteiger partial charge on any atom is 0.0701 e. The summed E-state index contributed by atoms with van der Waals surface area (Å²) in [6, 6.07) is 0. The van der Waals surface area contributed by atoms with Crippen molar-refractivity contribution in [3.8, 4) is 0 Å². The fourth-order valence-electron chi connectivity index (χ4n) is 0.771. The molecule has 0 spiro atoms. The number of halogens is 1. The van der Waals surface area contributed by atoms with E-state index in [4.69, 9.17) is 14.2 Å². The van der Waals surface area contributed by atoms with Crippen LogP contribution < -0.4 is 5.32 Å². The number of hydrogen-bond acceptors (Lipinski definition) is 4. The first kappa shape index (κ1) is 14.3. The lowest BCUT2D eigenvalue weighted by atomic mass is 10.6. The fourth-order valence-corrected chi connectivity index (χ4v) is 1.000. The van der Waals surface area contributed by atoms with Crippen molar-refractivity contribution in [3.63, 3.8) is 0 Å². The summed E-state index contributed by atoms with van der Waals surface area (Å²) in [5, 5.41) is 3.88. The van der Waals surface area contributed by atoms with Crippen LogP contribution in [0.3, 0.4) is 0 Å². The lowest BCUT2D eigenvalue weighted by Gasteiger charge is -2.05. The van der Waals surface area contributed by atoms with Gasteiger partial charge in [-0.05, 0) is 7.05 Å². The minimum Gasteiger partial charge on any atom is -0.378 e. The highest BCUT2D eigenvalue weighted by atomic mass is 79.9. The lowest BCUT2D eigenvalue weighted by molar-refractivity contribution is 0.0183. The van der Waals surface area contributed by atoms with E-state index in [2.05, 4.69) is 21.2 Å². The largest absolute Gasteiger partial charge is 0.378 e. The molecule has 4 nitrogen and oxygen atoms in total. The van der Waals surface area contributed by atoms with E-state index < -0.39 is 0 Å². The molecule has 0 heterocycles. The van der Waals surface area contributed by atoms with Crippen molar-refractivity contribution in [2.24, 2.45) is 0 Å². The molecule has 0 aliphatic heterocycles. The van der Waals surface area contributed by atoms with Crippen LogP contribution >= 0.6 is 15.9 Å². The van der Waals surface area contributed by atoms with Crippen molar-refractivity contribution in [2.75, 3.05) is 58.6 Å². The number of alkyl halides is 1. The van der Waals surface area contributed by atoms with Crippen LogP contribution in [0.1, 0.15) is 0 Å². The van der Waals surface area contributed by atoms with Gasteiger partial charge in [0.2, 0.25) is 0 Å². The van der Waals surface area contributed by atoms with Crippen LogP contribution in [0, 0.1) is 0 Å². The summed E-state index contributed by atoms with van der Waals surface area (Å²) in [4.78, 5) is 0. The van der Waals surface area contributed by atoms with Crippen LogP contribution in [0.15, 0.2) is 0 Å². The van der Waals surface area contributed by atoms with Gasteiger partial charge in [-0.3, -0.25) is 0 Å². The second kappa shape index (κ2) is 13.3. The molecule has 0 atom stereocenters. The van der Waals surface area contributed by atoms with Crippen LogP contribution in [-0.4, -0.2) is 58.6 Å². The molecule has 0 aliphatic carbocycles.